The van der Waals surface area contributed by atoms with E-state index in [0.717, 1.165) is 5.56 Å². The van der Waals surface area contributed by atoms with Crippen molar-refractivity contribution in [3.05, 3.63) is 58.1 Å². The van der Waals surface area contributed by atoms with Crippen LogP contribution >= 0.6 is 35.0 Å². The summed E-state index contributed by atoms with van der Waals surface area (Å²) in [5.41, 5.74) is 5.73. The molecule has 2 amide bonds. The first-order valence-corrected chi connectivity index (χ1v) is 9.18. The summed E-state index contributed by atoms with van der Waals surface area (Å²) in [4.78, 5) is 24.7. The summed E-state index contributed by atoms with van der Waals surface area (Å²) in [7, 11) is 0. The third-order valence-corrected chi connectivity index (χ3v) is 5.25. The monoisotopic (exact) mass is 396 g/mol. The fourth-order valence-electron chi connectivity index (χ4n) is 2.31. The van der Waals surface area contributed by atoms with E-state index in [1.165, 1.54) is 11.8 Å². The van der Waals surface area contributed by atoms with Crippen LogP contribution in [0.25, 0.3) is 0 Å². The van der Waals surface area contributed by atoms with Crippen LogP contribution in [0, 0.1) is 0 Å². The van der Waals surface area contributed by atoms with Crippen molar-refractivity contribution in [2.24, 2.45) is 0 Å². The summed E-state index contributed by atoms with van der Waals surface area (Å²) in [5.74, 6) is 0.0342. The molecule has 0 radical (unpaired) electrons. The van der Waals surface area contributed by atoms with E-state index < -0.39 is 12.0 Å². The molecular weight excluding hydrogens is 383 g/mol. The largest absolute Gasteiger partial charge is 0.480 e. The number of benzene rings is 2. The number of halogens is 2. The number of nitrogens with one attached hydrogen (secondary N) is 2. The van der Waals surface area contributed by atoms with Gasteiger partial charge in [0.25, 0.3) is 5.91 Å². The van der Waals surface area contributed by atoms with Crippen LogP contribution in [-0.2, 0) is 16.0 Å². The van der Waals surface area contributed by atoms with Gasteiger partial charge in [0.05, 0.1) is 10.8 Å². The number of hydrogen-bond acceptors (Lipinski definition) is 4. The quantitative estimate of drug-likeness (QED) is 0.614. The number of fused-ring (bicyclic) bond motifs is 1. The molecule has 2 N–H and O–H groups in total. The number of rotatable bonds is 4. The van der Waals surface area contributed by atoms with Crippen molar-refractivity contribution in [3.63, 3.8) is 0 Å². The second kappa shape index (κ2) is 7.99. The minimum absolute atomic E-state index is 0.0894. The molecule has 5 nitrogen and oxygen atoms in total. The number of thioether (sulfide) groups is 1. The van der Waals surface area contributed by atoms with Crippen molar-refractivity contribution in [2.75, 3.05) is 5.75 Å². The first kappa shape index (κ1) is 17.9. The smallest absolute Gasteiger partial charge is 0.279 e. The van der Waals surface area contributed by atoms with Crippen molar-refractivity contribution >= 4 is 46.8 Å². The van der Waals surface area contributed by atoms with Crippen LogP contribution < -0.4 is 15.6 Å². The normalized spacial score (nSPS) is 15.2. The molecule has 8 heteroatoms. The number of ether oxygens (including phenoxy) is 1. The molecule has 0 fully saturated rings. The number of hydrazine groups is 1. The molecule has 25 heavy (non-hydrogen) atoms. The third-order valence-electron chi connectivity index (χ3n) is 3.52. The van der Waals surface area contributed by atoms with Gasteiger partial charge in [0, 0.05) is 16.3 Å². The molecule has 130 valence electrons. The van der Waals surface area contributed by atoms with E-state index in [0.29, 0.717) is 27.1 Å². The van der Waals surface area contributed by atoms with Gasteiger partial charge in [-0.25, -0.2) is 0 Å². The molecule has 1 aliphatic rings. The summed E-state index contributed by atoms with van der Waals surface area (Å²) >= 11 is 13.2. The van der Waals surface area contributed by atoms with Crippen molar-refractivity contribution < 1.29 is 14.3 Å². The van der Waals surface area contributed by atoms with Crippen molar-refractivity contribution in [1.29, 1.82) is 0 Å². The molecule has 1 heterocycles. The van der Waals surface area contributed by atoms with Gasteiger partial charge in [0.15, 0.2) is 6.10 Å². The van der Waals surface area contributed by atoms with Crippen LogP contribution in [-0.4, -0.2) is 23.7 Å². The molecule has 0 saturated heterocycles. The number of carbonyl (C=O) groups excluding carboxylic acids is 2. The Morgan fingerprint density at radius 1 is 1.16 bits per heavy atom. The van der Waals surface area contributed by atoms with Gasteiger partial charge in [0.2, 0.25) is 5.91 Å². The Hall–Kier alpha value is -1.89. The van der Waals surface area contributed by atoms with Gasteiger partial charge >= 0.3 is 0 Å². The molecule has 3 rings (SSSR count). The maximum Gasteiger partial charge on any atom is 0.279 e. The molecular formula is C17H14Cl2N2O3S. The van der Waals surface area contributed by atoms with Gasteiger partial charge in [-0.2, -0.15) is 0 Å². The van der Waals surface area contributed by atoms with Crippen LogP contribution in [0.15, 0.2) is 47.4 Å². The van der Waals surface area contributed by atoms with E-state index in [1.54, 1.807) is 18.2 Å². The van der Waals surface area contributed by atoms with Crippen molar-refractivity contribution in [1.82, 2.24) is 10.9 Å². The zero-order valence-electron chi connectivity index (χ0n) is 12.9. The lowest BCUT2D eigenvalue weighted by Crippen LogP contribution is -2.48. The van der Waals surface area contributed by atoms with Crippen LogP contribution in [0.3, 0.4) is 0 Å². The maximum absolute atomic E-state index is 12.1. The second-order valence-electron chi connectivity index (χ2n) is 5.32. The molecule has 0 spiro atoms. The molecule has 2 aromatic carbocycles. The number of para-hydroxylation sites is 1. The minimum Gasteiger partial charge on any atom is -0.480 e. The summed E-state index contributed by atoms with van der Waals surface area (Å²) < 4.78 is 5.56. The second-order valence-corrected chi connectivity index (χ2v) is 7.18. The maximum atomic E-state index is 12.1. The molecule has 0 aliphatic carbocycles. The Bertz CT molecular complexity index is 791. The van der Waals surface area contributed by atoms with Crippen molar-refractivity contribution in [2.45, 2.75) is 17.4 Å². The van der Waals surface area contributed by atoms with Gasteiger partial charge in [0.1, 0.15) is 5.75 Å². The summed E-state index contributed by atoms with van der Waals surface area (Å²) in [6.45, 7) is 0. The molecule has 0 unspecified atom stereocenters. The Morgan fingerprint density at radius 3 is 2.76 bits per heavy atom. The summed E-state index contributed by atoms with van der Waals surface area (Å²) in [6.07, 6.45) is -0.169. The van der Waals surface area contributed by atoms with Crippen LogP contribution in [0.1, 0.15) is 5.56 Å². The lowest BCUT2D eigenvalue weighted by Gasteiger charge is -2.12. The first-order chi connectivity index (χ1) is 12.0. The van der Waals surface area contributed by atoms with Gasteiger partial charge in [-0.3, -0.25) is 20.4 Å². The minimum atomic E-state index is -0.646. The highest BCUT2D eigenvalue weighted by Gasteiger charge is 2.28. The van der Waals surface area contributed by atoms with Gasteiger partial charge in [-0.1, -0.05) is 41.4 Å². The fraction of sp³-hybridized carbons (Fsp3) is 0.176. The Kier molecular flexibility index (Phi) is 5.73. The van der Waals surface area contributed by atoms with E-state index in [4.69, 9.17) is 27.9 Å². The lowest BCUT2D eigenvalue weighted by atomic mass is 10.1. The highest BCUT2D eigenvalue weighted by Crippen LogP contribution is 2.30. The van der Waals surface area contributed by atoms with E-state index in [-0.39, 0.29) is 11.7 Å². The zero-order valence-corrected chi connectivity index (χ0v) is 15.3. The number of carbonyl (C=O) groups is 2. The molecule has 0 saturated carbocycles. The Labute approximate surface area is 159 Å². The first-order valence-electron chi connectivity index (χ1n) is 7.44. The third kappa shape index (κ3) is 4.60. The van der Waals surface area contributed by atoms with E-state index >= 15 is 0 Å². The SMILES string of the molecule is O=C(CSc1cc(Cl)ccc1Cl)NNC(=O)[C@H]1Cc2ccccc2O1. The highest BCUT2D eigenvalue weighted by atomic mass is 35.5. The van der Waals surface area contributed by atoms with Gasteiger partial charge in [-0.15, -0.1) is 11.8 Å². The standard InChI is InChI=1S/C17H14Cl2N2O3S/c18-11-5-6-12(19)15(8-11)25-9-16(22)20-21-17(23)14-7-10-3-1-2-4-13(10)24-14/h1-6,8,14H,7,9H2,(H,20,22)(H,21,23)/t14-/m1/s1. The van der Waals surface area contributed by atoms with Crippen molar-refractivity contribution in [3.8, 4) is 5.75 Å². The van der Waals surface area contributed by atoms with Gasteiger partial charge in [-0.05, 0) is 29.8 Å². The molecule has 2 aromatic rings. The predicted octanol–water partition coefficient (Wildman–Crippen LogP) is 3.24. The van der Waals surface area contributed by atoms with E-state index in [2.05, 4.69) is 10.9 Å². The fourth-order valence-corrected chi connectivity index (χ4v) is 3.60. The van der Waals surface area contributed by atoms with E-state index in [9.17, 15) is 9.59 Å². The predicted molar refractivity (Wildman–Crippen MR) is 98.0 cm³/mol. The average molecular weight is 397 g/mol. The van der Waals surface area contributed by atoms with Crippen LogP contribution in [0.2, 0.25) is 10.0 Å². The number of amides is 2. The van der Waals surface area contributed by atoms with Crippen LogP contribution in [0.4, 0.5) is 0 Å². The Morgan fingerprint density at radius 2 is 1.96 bits per heavy atom. The molecule has 1 atom stereocenters. The average Bonchev–Trinajstić information content (AvgIpc) is 3.04. The summed E-state index contributed by atoms with van der Waals surface area (Å²) in [6, 6.07) is 12.5. The lowest BCUT2D eigenvalue weighted by molar-refractivity contribution is -0.131. The topological polar surface area (TPSA) is 67.4 Å². The van der Waals surface area contributed by atoms with Gasteiger partial charge < -0.3 is 4.74 Å². The van der Waals surface area contributed by atoms with E-state index in [1.807, 2.05) is 24.3 Å². The molecule has 1 aliphatic heterocycles. The molecule has 0 aromatic heterocycles. The zero-order chi connectivity index (χ0) is 17.8. The molecule has 0 bridgehead atoms. The van der Waals surface area contributed by atoms with Crippen LogP contribution in [0.5, 0.6) is 5.75 Å². The number of hydrogen-bond donors (Lipinski definition) is 2. The Balaban J connectivity index is 1.45. The highest BCUT2D eigenvalue weighted by molar-refractivity contribution is 8.00. The summed E-state index contributed by atoms with van der Waals surface area (Å²) in [5, 5.41) is 1.06.